The molecule has 0 aromatic carbocycles. The van der Waals surface area contributed by atoms with Crippen LogP contribution < -0.4 is 5.32 Å². The lowest BCUT2D eigenvalue weighted by molar-refractivity contribution is -0.192. The number of carboxylic acid groups (broad SMARTS) is 1. The molecule has 0 aromatic rings. The second kappa shape index (κ2) is 7.88. The predicted molar refractivity (Wildman–Crippen MR) is 47.4 cm³/mol. The van der Waals surface area contributed by atoms with Crippen LogP contribution in [0.5, 0.6) is 0 Å². The quantitative estimate of drug-likeness (QED) is 0.677. The fourth-order valence-corrected chi connectivity index (χ4v) is 0.364. The van der Waals surface area contributed by atoms with Crippen molar-refractivity contribution < 1.29 is 32.7 Å². The maximum atomic E-state index is 10.7. The number of nitrogens with zero attached hydrogens (tertiary/aromatic N) is 1. The van der Waals surface area contributed by atoms with Crippen molar-refractivity contribution in [3.63, 3.8) is 0 Å². The first-order chi connectivity index (χ1) is 7.16. The minimum Gasteiger partial charge on any atom is -0.475 e. The van der Waals surface area contributed by atoms with Gasteiger partial charge in [0.05, 0.1) is 13.7 Å². The standard InChI is InChI=1S/C5H12N2O2.C2HF3O2/c1-6-4-5(8)7(2)9-3;3-2(4,5)1(6)7/h6H,4H2,1-3H3;(H,6,7). The third-order valence-corrected chi connectivity index (χ3v) is 1.20. The molecule has 16 heavy (non-hydrogen) atoms. The summed E-state index contributed by atoms with van der Waals surface area (Å²) in [6.07, 6.45) is -5.08. The van der Waals surface area contributed by atoms with Crippen LogP contribution in [0.2, 0.25) is 0 Å². The van der Waals surface area contributed by atoms with Crippen LogP contribution in [0.1, 0.15) is 0 Å². The third kappa shape index (κ3) is 9.21. The van der Waals surface area contributed by atoms with E-state index in [9.17, 15) is 18.0 Å². The summed E-state index contributed by atoms with van der Waals surface area (Å²) in [5, 5.41) is 11.0. The number of likely N-dealkylation sites (N-methyl/N-ethyl adjacent to an activating group) is 2. The van der Waals surface area contributed by atoms with E-state index in [1.165, 1.54) is 12.2 Å². The molecule has 0 fully saturated rings. The average Bonchev–Trinajstić information content (AvgIpc) is 2.16. The minimum absolute atomic E-state index is 0.0833. The molecule has 0 spiro atoms. The van der Waals surface area contributed by atoms with Gasteiger partial charge in [-0.2, -0.15) is 13.2 Å². The number of carboxylic acids is 1. The van der Waals surface area contributed by atoms with Gasteiger partial charge in [-0.1, -0.05) is 0 Å². The smallest absolute Gasteiger partial charge is 0.475 e. The van der Waals surface area contributed by atoms with E-state index in [2.05, 4.69) is 10.2 Å². The number of carbonyl (C=O) groups is 2. The number of hydroxylamine groups is 2. The Morgan fingerprint density at radius 1 is 1.44 bits per heavy atom. The first kappa shape index (κ1) is 17.1. The summed E-state index contributed by atoms with van der Waals surface area (Å²) in [7, 11) is 4.73. The van der Waals surface area contributed by atoms with Crippen molar-refractivity contribution in [3.05, 3.63) is 0 Å². The molecule has 1 amide bonds. The highest BCUT2D eigenvalue weighted by Gasteiger charge is 2.38. The van der Waals surface area contributed by atoms with Crippen LogP contribution in [0.3, 0.4) is 0 Å². The van der Waals surface area contributed by atoms with Crippen molar-refractivity contribution in [2.75, 3.05) is 27.7 Å². The molecule has 0 saturated carbocycles. The number of hydrogen-bond acceptors (Lipinski definition) is 4. The van der Waals surface area contributed by atoms with Crippen molar-refractivity contribution in [1.82, 2.24) is 10.4 Å². The van der Waals surface area contributed by atoms with E-state index in [1.54, 1.807) is 14.1 Å². The molecule has 9 heteroatoms. The fraction of sp³-hybridized carbons (Fsp3) is 0.714. The van der Waals surface area contributed by atoms with Crippen molar-refractivity contribution in [3.8, 4) is 0 Å². The highest BCUT2D eigenvalue weighted by atomic mass is 19.4. The Balaban J connectivity index is 0. The van der Waals surface area contributed by atoms with E-state index < -0.39 is 12.1 Å². The number of hydrogen-bond donors (Lipinski definition) is 2. The number of amides is 1. The van der Waals surface area contributed by atoms with Gasteiger partial charge in [-0.3, -0.25) is 9.63 Å². The van der Waals surface area contributed by atoms with Gasteiger partial charge in [-0.15, -0.1) is 0 Å². The molecule has 2 N–H and O–H groups in total. The van der Waals surface area contributed by atoms with Gasteiger partial charge in [-0.25, -0.2) is 9.86 Å². The van der Waals surface area contributed by atoms with Gasteiger partial charge in [0, 0.05) is 7.05 Å². The lowest BCUT2D eigenvalue weighted by Gasteiger charge is -2.12. The van der Waals surface area contributed by atoms with Crippen LogP contribution in [0, 0.1) is 0 Å². The second-order valence-corrected chi connectivity index (χ2v) is 2.41. The summed E-state index contributed by atoms with van der Waals surface area (Å²) in [6.45, 7) is 0.310. The van der Waals surface area contributed by atoms with Gasteiger partial charge in [0.15, 0.2) is 0 Å². The van der Waals surface area contributed by atoms with Crippen LogP contribution in [-0.4, -0.2) is 56.0 Å². The molecule has 0 aliphatic carbocycles. The van der Waals surface area contributed by atoms with E-state index in [0.717, 1.165) is 0 Å². The lowest BCUT2D eigenvalue weighted by atomic mass is 10.6. The Bertz CT molecular complexity index is 232. The third-order valence-electron chi connectivity index (χ3n) is 1.20. The SMILES string of the molecule is CNCC(=O)N(C)OC.O=C(O)C(F)(F)F. The topological polar surface area (TPSA) is 78.9 Å². The molecule has 0 heterocycles. The van der Waals surface area contributed by atoms with E-state index in [4.69, 9.17) is 9.90 Å². The Morgan fingerprint density at radius 3 is 2.00 bits per heavy atom. The Kier molecular flexibility index (Phi) is 8.40. The summed E-state index contributed by atoms with van der Waals surface area (Å²) in [6, 6.07) is 0. The van der Waals surface area contributed by atoms with Crippen molar-refractivity contribution in [1.29, 1.82) is 0 Å². The second-order valence-electron chi connectivity index (χ2n) is 2.41. The van der Waals surface area contributed by atoms with Crippen LogP contribution >= 0.6 is 0 Å². The monoisotopic (exact) mass is 246 g/mol. The average molecular weight is 246 g/mol. The highest BCUT2D eigenvalue weighted by molar-refractivity contribution is 5.76. The molecule has 0 unspecified atom stereocenters. The molecule has 0 radical (unpaired) electrons. The largest absolute Gasteiger partial charge is 0.490 e. The summed E-state index contributed by atoms with van der Waals surface area (Å²) in [5.74, 6) is -2.84. The van der Waals surface area contributed by atoms with Crippen LogP contribution in [-0.2, 0) is 14.4 Å². The summed E-state index contributed by atoms with van der Waals surface area (Å²) in [5.41, 5.74) is 0. The van der Waals surface area contributed by atoms with Crippen molar-refractivity contribution >= 4 is 11.9 Å². The van der Waals surface area contributed by atoms with Gasteiger partial charge >= 0.3 is 12.1 Å². The highest BCUT2D eigenvalue weighted by Crippen LogP contribution is 2.13. The van der Waals surface area contributed by atoms with E-state index >= 15 is 0 Å². The first-order valence-corrected chi connectivity index (χ1v) is 3.92. The van der Waals surface area contributed by atoms with Crippen molar-refractivity contribution in [2.45, 2.75) is 6.18 Å². The summed E-state index contributed by atoms with van der Waals surface area (Å²) in [4.78, 5) is 24.2. The summed E-state index contributed by atoms with van der Waals surface area (Å²) >= 11 is 0. The lowest BCUT2D eigenvalue weighted by Crippen LogP contribution is -2.33. The first-order valence-electron chi connectivity index (χ1n) is 3.92. The number of aliphatic carboxylic acids is 1. The fourth-order valence-electron chi connectivity index (χ4n) is 0.364. The van der Waals surface area contributed by atoms with Gasteiger partial charge < -0.3 is 10.4 Å². The number of nitrogens with one attached hydrogen (secondary N) is 1. The number of alkyl halides is 3. The molecule has 0 aliphatic heterocycles. The number of halogens is 3. The Morgan fingerprint density at radius 2 is 1.81 bits per heavy atom. The zero-order valence-corrected chi connectivity index (χ0v) is 8.96. The normalized spacial score (nSPS) is 10.1. The molecule has 0 aromatic heterocycles. The van der Waals surface area contributed by atoms with Gasteiger partial charge in [0.25, 0.3) is 5.91 Å². The van der Waals surface area contributed by atoms with Crippen LogP contribution in [0.25, 0.3) is 0 Å². The Labute approximate surface area is 89.9 Å². The molecule has 0 saturated heterocycles. The maximum Gasteiger partial charge on any atom is 0.490 e. The maximum absolute atomic E-state index is 10.7. The van der Waals surface area contributed by atoms with E-state index in [-0.39, 0.29) is 5.91 Å². The van der Waals surface area contributed by atoms with Crippen LogP contribution in [0.15, 0.2) is 0 Å². The minimum atomic E-state index is -5.08. The molecule has 0 aliphatic rings. The predicted octanol–water partition coefficient (Wildman–Crippen LogP) is -0.141. The zero-order valence-electron chi connectivity index (χ0n) is 8.96. The molecule has 0 bridgehead atoms. The van der Waals surface area contributed by atoms with Gasteiger partial charge in [-0.05, 0) is 7.05 Å². The zero-order chi connectivity index (χ0) is 13.4. The van der Waals surface area contributed by atoms with E-state index in [1.807, 2.05) is 0 Å². The molecule has 6 nitrogen and oxygen atoms in total. The van der Waals surface area contributed by atoms with Crippen molar-refractivity contribution in [2.24, 2.45) is 0 Å². The number of rotatable bonds is 3. The van der Waals surface area contributed by atoms with E-state index in [0.29, 0.717) is 6.54 Å². The molecular formula is C7H13F3N2O4. The van der Waals surface area contributed by atoms with Crippen LogP contribution in [0.4, 0.5) is 13.2 Å². The number of carbonyl (C=O) groups excluding carboxylic acids is 1. The summed E-state index contributed by atoms with van der Waals surface area (Å²) < 4.78 is 31.7. The van der Waals surface area contributed by atoms with Gasteiger partial charge in [0.2, 0.25) is 0 Å². The Hall–Kier alpha value is -1.35. The molecule has 0 atom stereocenters. The van der Waals surface area contributed by atoms with Gasteiger partial charge in [0.1, 0.15) is 0 Å². The molecule has 96 valence electrons. The molecule has 0 rings (SSSR count). The molecular weight excluding hydrogens is 233 g/mol.